The lowest BCUT2D eigenvalue weighted by atomic mass is 10.1. The third kappa shape index (κ3) is 3.60. The van der Waals surface area contributed by atoms with Crippen LogP contribution in [0.1, 0.15) is 12.5 Å². The number of ether oxygens (including phenoxy) is 1. The van der Waals surface area contributed by atoms with Gasteiger partial charge in [-0.3, -0.25) is 4.72 Å². The third-order valence-electron chi connectivity index (χ3n) is 1.91. The van der Waals surface area contributed by atoms with Gasteiger partial charge >= 0.3 is 0 Å². The topological polar surface area (TPSA) is 21.3 Å². The van der Waals surface area contributed by atoms with Gasteiger partial charge in [0, 0.05) is 6.54 Å². The maximum atomic E-state index is 5.53. The standard InChI is InChI=1S/C11H17NOS/c1-3-13-11-7-5-4-6-10(11)8-9-12-14-2/h4-7,12H,3,8-9H2,1-2H3. The average molecular weight is 211 g/mol. The highest BCUT2D eigenvalue weighted by Crippen LogP contribution is 2.18. The van der Waals surface area contributed by atoms with Gasteiger partial charge in [0.25, 0.3) is 0 Å². The van der Waals surface area contributed by atoms with Crippen LogP contribution in [0.15, 0.2) is 24.3 Å². The molecule has 78 valence electrons. The second kappa shape index (κ2) is 6.74. The van der Waals surface area contributed by atoms with Gasteiger partial charge in [-0.25, -0.2) is 0 Å². The van der Waals surface area contributed by atoms with Gasteiger partial charge in [0.1, 0.15) is 5.75 Å². The van der Waals surface area contributed by atoms with E-state index in [1.54, 1.807) is 11.9 Å². The van der Waals surface area contributed by atoms with E-state index in [2.05, 4.69) is 16.9 Å². The Kier molecular flexibility index (Phi) is 5.49. The summed E-state index contributed by atoms with van der Waals surface area (Å²) in [7, 11) is 0. The van der Waals surface area contributed by atoms with Gasteiger partial charge in [0.15, 0.2) is 0 Å². The van der Waals surface area contributed by atoms with E-state index in [1.165, 1.54) is 5.56 Å². The maximum Gasteiger partial charge on any atom is 0.122 e. The van der Waals surface area contributed by atoms with Crippen LogP contribution in [0.3, 0.4) is 0 Å². The Morgan fingerprint density at radius 2 is 2.14 bits per heavy atom. The SMILES string of the molecule is CCOc1ccccc1CCNSC. The first-order valence-electron chi connectivity index (χ1n) is 4.85. The first kappa shape index (κ1) is 11.4. The van der Waals surface area contributed by atoms with Crippen molar-refractivity contribution in [3.05, 3.63) is 29.8 Å². The van der Waals surface area contributed by atoms with E-state index < -0.39 is 0 Å². The molecular weight excluding hydrogens is 194 g/mol. The smallest absolute Gasteiger partial charge is 0.122 e. The Labute approximate surface area is 90.2 Å². The number of hydrogen-bond acceptors (Lipinski definition) is 3. The second-order valence-electron chi connectivity index (χ2n) is 2.89. The van der Waals surface area contributed by atoms with Crippen LogP contribution < -0.4 is 9.46 Å². The van der Waals surface area contributed by atoms with Gasteiger partial charge in [-0.15, -0.1) is 0 Å². The predicted octanol–water partition coefficient (Wildman–Crippen LogP) is 2.50. The Hall–Kier alpha value is -0.670. The molecule has 0 aromatic heterocycles. The summed E-state index contributed by atoms with van der Waals surface area (Å²) in [5.74, 6) is 1.01. The lowest BCUT2D eigenvalue weighted by Crippen LogP contribution is -2.08. The minimum absolute atomic E-state index is 0.729. The third-order valence-corrected chi connectivity index (χ3v) is 2.41. The molecule has 1 aromatic rings. The van der Waals surface area contributed by atoms with E-state index in [-0.39, 0.29) is 0 Å². The van der Waals surface area contributed by atoms with E-state index in [0.29, 0.717) is 0 Å². The fourth-order valence-corrected chi connectivity index (χ4v) is 1.60. The van der Waals surface area contributed by atoms with Crippen molar-refractivity contribution in [1.29, 1.82) is 0 Å². The first-order valence-corrected chi connectivity index (χ1v) is 6.07. The fourth-order valence-electron chi connectivity index (χ4n) is 1.29. The predicted molar refractivity (Wildman–Crippen MR) is 62.8 cm³/mol. The highest BCUT2D eigenvalue weighted by atomic mass is 32.2. The van der Waals surface area contributed by atoms with Crippen molar-refractivity contribution in [3.8, 4) is 5.75 Å². The largest absolute Gasteiger partial charge is 0.494 e. The van der Waals surface area contributed by atoms with Crippen molar-refractivity contribution in [2.24, 2.45) is 0 Å². The van der Waals surface area contributed by atoms with Crippen LogP contribution in [0, 0.1) is 0 Å². The maximum absolute atomic E-state index is 5.53. The molecule has 0 bridgehead atoms. The summed E-state index contributed by atoms with van der Waals surface area (Å²) in [4.78, 5) is 0. The summed E-state index contributed by atoms with van der Waals surface area (Å²) in [5, 5.41) is 0. The molecule has 0 aliphatic carbocycles. The zero-order valence-corrected chi connectivity index (χ0v) is 9.56. The van der Waals surface area contributed by atoms with Crippen molar-refractivity contribution < 1.29 is 4.74 Å². The quantitative estimate of drug-likeness (QED) is 0.577. The first-order chi connectivity index (χ1) is 6.88. The molecule has 1 aromatic carbocycles. The molecule has 0 spiro atoms. The molecule has 1 rings (SSSR count). The number of hydrogen-bond donors (Lipinski definition) is 1. The number of para-hydroxylation sites is 1. The molecule has 0 aliphatic rings. The van der Waals surface area contributed by atoms with Crippen LogP contribution >= 0.6 is 11.9 Å². The van der Waals surface area contributed by atoms with Gasteiger partial charge in [-0.05, 0) is 31.2 Å². The Morgan fingerprint density at radius 1 is 1.36 bits per heavy atom. The second-order valence-corrected chi connectivity index (χ2v) is 3.59. The van der Waals surface area contributed by atoms with Gasteiger partial charge in [0.2, 0.25) is 0 Å². The van der Waals surface area contributed by atoms with E-state index in [4.69, 9.17) is 4.74 Å². The van der Waals surface area contributed by atoms with Gasteiger partial charge in [-0.1, -0.05) is 30.1 Å². The zero-order chi connectivity index (χ0) is 10.2. The van der Waals surface area contributed by atoms with E-state index >= 15 is 0 Å². The highest BCUT2D eigenvalue weighted by molar-refractivity contribution is 7.96. The summed E-state index contributed by atoms with van der Waals surface area (Å²) in [5.41, 5.74) is 1.27. The molecule has 0 atom stereocenters. The average Bonchev–Trinajstić information content (AvgIpc) is 2.21. The summed E-state index contributed by atoms with van der Waals surface area (Å²) in [6, 6.07) is 8.21. The van der Waals surface area contributed by atoms with Gasteiger partial charge in [0.05, 0.1) is 6.61 Å². The lowest BCUT2D eigenvalue weighted by molar-refractivity contribution is 0.336. The normalized spacial score (nSPS) is 10.1. The molecule has 0 unspecified atom stereocenters. The van der Waals surface area contributed by atoms with E-state index in [9.17, 15) is 0 Å². The zero-order valence-electron chi connectivity index (χ0n) is 8.75. The van der Waals surface area contributed by atoms with Crippen LogP contribution in [0.4, 0.5) is 0 Å². The molecule has 14 heavy (non-hydrogen) atoms. The van der Waals surface area contributed by atoms with Crippen molar-refractivity contribution in [2.75, 3.05) is 19.4 Å². The molecule has 1 N–H and O–H groups in total. The fraction of sp³-hybridized carbons (Fsp3) is 0.455. The number of rotatable bonds is 6. The van der Waals surface area contributed by atoms with Crippen LogP contribution in [-0.4, -0.2) is 19.4 Å². The van der Waals surface area contributed by atoms with Crippen molar-refractivity contribution in [3.63, 3.8) is 0 Å². The minimum atomic E-state index is 0.729. The van der Waals surface area contributed by atoms with E-state index in [0.717, 1.165) is 25.3 Å². The summed E-state index contributed by atoms with van der Waals surface area (Å²) in [6.45, 7) is 3.72. The van der Waals surface area contributed by atoms with Crippen LogP contribution in [-0.2, 0) is 6.42 Å². The molecule has 0 saturated heterocycles. The number of nitrogens with one attached hydrogen (secondary N) is 1. The highest BCUT2D eigenvalue weighted by Gasteiger charge is 2.00. The van der Waals surface area contributed by atoms with Crippen molar-refractivity contribution in [2.45, 2.75) is 13.3 Å². The Bertz CT molecular complexity index is 265. The monoisotopic (exact) mass is 211 g/mol. The van der Waals surface area contributed by atoms with Gasteiger partial charge in [-0.2, -0.15) is 0 Å². The molecule has 2 nitrogen and oxygen atoms in total. The summed E-state index contributed by atoms with van der Waals surface area (Å²) < 4.78 is 8.76. The molecule has 0 amide bonds. The van der Waals surface area contributed by atoms with E-state index in [1.807, 2.05) is 25.3 Å². The van der Waals surface area contributed by atoms with Crippen molar-refractivity contribution in [1.82, 2.24) is 4.72 Å². The molecule has 0 fully saturated rings. The van der Waals surface area contributed by atoms with Gasteiger partial charge < -0.3 is 4.74 Å². The molecule has 0 aliphatic heterocycles. The van der Waals surface area contributed by atoms with Crippen molar-refractivity contribution >= 4 is 11.9 Å². The Morgan fingerprint density at radius 3 is 2.86 bits per heavy atom. The lowest BCUT2D eigenvalue weighted by Gasteiger charge is -2.09. The molecule has 3 heteroatoms. The summed E-state index contributed by atoms with van der Waals surface area (Å²) >= 11 is 1.65. The Balaban J connectivity index is 2.55. The molecular formula is C11H17NOS. The molecule has 0 heterocycles. The number of benzene rings is 1. The van der Waals surface area contributed by atoms with Crippen LogP contribution in [0.2, 0.25) is 0 Å². The van der Waals surface area contributed by atoms with Crippen LogP contribution in [0.5, 0.6) is 5.75 Å². The van der Waals surface area contributed by atoms with Crippen LogP contribution in [0.25, 0.3) is 0 Å². The molecule has 0 radical (unpaired) electrons. The molecule has 0 saturated carbocycles. The summed E-state index contributed by atoms with van der Waals surface area (Å²) in [6.07, 6.45) is 3.05. The minimum Gasteiger partial charge on any atom is -0.494 e.